The number of nitrogens with zero attached hydrogens (tertiary/aromatic N) is 2. The van der Waals surface area contributed by atoms with Gasteiger partial charge < -0.3 is 10.6 Å². The van der Waals surface area contributed by atoms with Gasteiger partial charge in [-0.05, 0) is 49.8 Å². The molecule has 1 heterocycles. The molecule has 2 aliphatic rings. The van der Waals surface area contributed by atoms with Crippen LogP contribution in [0.4, 0.5) is 11.6 Å². The molecule has 0 aliphatic heterocycles. The summed E-state index contributed by atoms with van der Waals surface area (Å²) in [4.78, 5) is 22.1. The second-order valence-corrected chi connectivity index (χ2v) is 5.99. The first-order valence-electron chi connectivity index (χ1n) is 7.27. The van der Waals surface area contributed by atoms with Crippen LogP contribution in [0.2, 0.25) is 0 Å². The Bertz CT molecular complexity index is 715. The molecule has 0 saturated heterocycles. The maximum Gasteiger partial charge on any atom is 0.260 e. The number of hydrogen-bond donors (Lipinski definition) is 2. The van der Waals surface area contributed by atoms with Crippen molar-refractivity contribution in [2.24, 2.45) is 5.92 Å². The molecule has 2 fully saturated rings. The van der Waals surface area contributed by atoms with Crippen molar-refractivity contribution in [3.63, 3.8) is 0 Å². The number of nitrogens with two attached hydrogens (primary N) is 1. The van der Waals surface area contributed by atoms with Crippen molar-refractivity contribution < 1.29 is 0 Å². The summed E-state index contributed by atoms with van der Waals surface area (Å²) < 4.78 is 0. The lowest BCUT2D eigenvalue weighted by molar-refractivity contribution is 0.697. The molecule has 0 bridgehead atoms. The van der Waals surface area contributed by atoms with Crippen LogP contribution in [0.5, 0.6) is 0 Å². The lowest BCUT2D eigenvalue weighted by Crippen LogP contribution is -2.31. The summed E-state index contributed by atoms with van der Waals surface area (Å²) in [5, 5.41) is 0.566. The second kappa shape index (κ2) is 4.23. The van der Waals surface area contributed by atoms with Gasteiger partial charge in [-0.15, -0.1) is 0 Å². The molecule has 5 heteroatoms. The van der Waals surface area contributed by atoms with Crippen molar-refractivity contribution in [2.45, 2.75) is 31.7 Å². The predicted molar refractivity (Wildman–Crippen MR) is 79.9 cm³/mol. The Morgan fingerprint density at radius 3 is 2.80 bits per heavy atom. The molecule has 2 aromatic rings. The van der Waals surface area contributed by atoms with Crippen LogP contribution in [0.3, 0.4) is 0 Å². The Balaban J connectivity index is 1.78. The molecule has 3 N–H and O–H groups in total. The number of anilines is 2. The van der Waals surface area contributed by atoms with Crippen molar-refractivity contribution in [3.8, 4) is 0 Å². The lowest BCUT2D eigenvalue weighted by atomic mass is 10.2. The molecule has 1 aromatic carbocycles. The molecule has 0 unspecified atom stereocenters. The highest BCUT2D eigenvalue weighted by molar-refractivity contribution is 5.81. The average molecular weight is 270 g/mol. The molecule has 104 valence electrons. The van der Waals surface area contributed by atoms with Gasteiger partial charge in [-0.2, -0.15) is 0 Å². The minimum absolute atomic E-state index is 0.0984. The Hall–Kier alpha value is -2.04. The SMILES string of the molecule is Nc1ccc2nc(N(CC3CC3)C3CC3)[nH]c(=O)c2c1. The lowest BCUT2D eigenvalue weighted by Gasteiger charge is -2.22. The molecule has 0 spiro atoms. The molecule has 0 radical (unpaired) electrons. The third kappa shape index (κ3) is 2.13. The van der Waals surface area contributed by atoms with E-state index in [4.69, 9.17) is 5.73 Å². The van der Waals surface area contributed by atoms with Gasteiger partial charge in [0.05, 0.1) is 10.9 Å². The van der Waals surface area contributed by atoms with Gasteiger partial charge in [-0.25, -0.2) is 4.98 Å². The number of aromatic nitrogens is 2. The first kappa shape index (κ1) is 11.8. The molecule has 0 amide bonds. The third-order valence-corrected chi connectivity index (χ3v) is 4.13. The molecular formula is C15H18N4O. The van der Waals surface area contributed by atoms with E-state index in [1.54, 1.807) is 12.1 Å². The zero-order valence-corrected chi connectivity index (χ0v) is 11.3. The molecule has 1 aromatic heterocycles. The number of H-pyrrole nitrogens is 1. The predicted octanol–water partition coefficient (Wildman–Crippen LogP) is 1.88. The van der Waals surface area contributed by atoms with Gasteiger partial charge in [0.2, 0.25) is 5.95 Å². The van der Waals surface area contributed by atoms with E-state index in [0.717, 1.165) is 23.9 Å². The largest absolute Gasteiger partial charge is 0.399 e. The summed E-state index contributed by atoms with van der Waals surface area (Å²) in [6.07, 6.45) is 5.02. The van der Waals surface area contributed by atoms with E-state index >= 15 is 0 Å². The molecule has 2 aliphatic carbocycles. The van der Waals surface area contributed by atoms with Gasteiger partial charge in [-0.1, -0.05) is 0 Å². The van der Waals surface area contributed by atoms with Crippen LogP contribution in [0.1, 0.15) is 25.7 Å². The van der Waals surface area contributed by atoms with E-state index in [9.17, 15) is 4.79 Å². The number of benzene rings is 1. The van der Waals surface area contributed by atoms with Gasteiger partial charge in [0.1, 0.15) is 0 Å². The van der Waals surface area contributed by atoms with Crippen LogP contribution in [0, 0.1) is 5.92 Å². The number of nitrogens with one attached hydrogen (secondary N) is 1. The van der Waals surface area contributed by atoms with Crippen molar-refractivity contribution >= 4 is 22.5 Å². The Morgan fingerprint density at radius 1 is 1.30 bits per heavy atom. The molecule has 4 rings (SSSR count). The quantitative estimate of drug-likeness (QED) is 0.832. The highest BCUT2D eigenvalue weighted by Gasteiger charge is 2.35. The van der Waals surface area contributed by atoms with Gasteiger partial charge in [-0.3, -0.25) is 9.78 Å². The summed E-state index contributed by atoms with van der Waals surface area (Å²) in [7, 11) is 0. The second-order valence-electron chi connectivity index (χ2n) is 5.99. The Morgan fingerprint density at radius 2 is 2.10 bits per heavy atom. The van der Waals surface area contributed by atoms with Crippen molar-refractivity contribution in [1.29, 1.82) is 0 Å². The molecule has 2 saturated carbocycles. The fourth-order valence-corrected chi connectivity index (χ4v) is 2.65. The van der Waals surface area contributed by atoms with Crippen LogP contribution in [-0.4, -0.2) is 22.6 Å². The van der Waals surface area contributed by atoms with Gasteiger partial charge in [0.25, 0.3) is 5.56 Å². The van der Waals surface area contributed by atoms with Crippen LogP contribution in [0.15, 0.2) is 23.0 Å². The Kier molecular flexibility index (Phi) is 2.49. The summed E-state index contributed by atoms with van der Waals surface area (Å²) in [5.41, 5.74) is 6.95. The Labute approximate surface area is 116 Å². The fraction of sp³-hybridized carbons (Fsp3) is 0.467. The molecular weight excluding hydrogens is 252 g/mol. The van der Waals surface area contributed by atoms with Crippen LogP contribution < -0.4 is 16.2 Å². The zero-order valence-electron chi connectivity index (χ0n) is 11.3. The fourth-order valence-electron chi connectivity index (χ4n) is 2.65. The molecule has 20 heavy (non-hydrogen) atoms. The number of rotatable bonds is 4. The minimum atomic E-state index is -0.0984. The minimum Gasteiger partial charge on any atom is -0.399 e. The zero-order chi connectivity index (χ0) is 13.7. The normalized spacial score (nSPS) is 18.4. The summed E-state index contributed by atoms with van der Waals surface area (Å²) in [6, 6.07) is 5.87. The van der Waals surface area contributed by atoms with Crippen molar-refractivity contribution in [3.05, 3.63) is 28.6 Å². The van der Waals surface area contributed by atoms with E-state index in [0.29, 0.717) is 17.1 Å². The topological polar surface area (TPSA) is 75.0 Å². The first-order valence-corrected chi connectivity index (χ1v) is 7.27. The summed E-state index contributed by atoms with van der Waals surface area (Å²) in [6.45, 7) is 1.02. The molecule has 5 nitrogen and oxygen atoms in total. The molecule has 0 atom stereocenters. The number of aromatic amines is 1. The number of fused-ring (bicyclic) bond motifs is 1. The standard InChI is InChI=1S/C15H18N4O/c16-10-3-6-13-12(7-10)14(20)18-15(17-13)19(11-4-5-11)8-9-1-2-9/h3,6-7,9,11H,1-2,4-5,8,16H2,(H,17,18,20). The van der Waals surface area contributed by atoms with Crippen LogP contribution in [0.25, 0.3) is 10.9 Å². The van der Waals surface area contributed by atoms with Crippen LogP contribution in [-0.2, 0) is 0 Å². The van der Waals surface area contributed by atoms with Gasteiger partial charge in [0.15, 0.2) is 0 Å². The highest BCUT2D eigenvalue weighted by atomic mass is 16.1. The third-order valence-electron chi connectivity index (χ3n) is 4.13. The van der Waals surface area contributed by atoms with Gasteiger partial charge in [0, 0.05) is 18.3 Å². The van der Waals surface area contributed by atoms with E-state index in [2.05, 4.69) is 14.9 Å². The van der Waals surface area contributed by atoms with Crippen molar-refractivity contribution in [1.82, 2.24) is 9.97 Å². The van der Waals surface area contributed by atoms with Crippen molar-refractivity contribution in [2.75, 3.05) is 17.2 Å². The van der Waals surface area contributed by atoms with E-state index < -0.39 is 0 Å². The summed E-state index contributed by atoms with van der Waals surface area (Å²) >= 11 is 0. The van der Waals surface area contributed by atoms with E-state index in [-0.39, 0.29) is 5.56 Å². The van der Waals surface area contributed by atoms with E-state index in [1.165, 1.54) is 25.7 Å². The number of nitrogen functional groups attached to an aromatic ring is 1. The summed E-state index contributed by atoms with van der Waals surface area (Å²) in [5.74, 6) is 1.50. The smallest absolute Gasteiger partial charge is 0.260 e. The number of hydrogen-bond acceptors (Lipinski definition) is 4. The monoisotopic (exact) mass is 270 g/mol. The van der Waals surface area contributed by atoms with Gasteiger partial charge >= 0.3 is 0 Å². The maximum absolute atomic E-state index is 12.2. The first-order chi connectivity index (χ1) is 9.70. The maximum atomic E-state index is 12.2. The van der Waals surface area contributed by atoms with Crippen LogP contribution >= 0.6 is 0 Å². The van der Waals surface area contributed by atoms with E-state index in [1.807, 2.05) is 6.07 Å². The average Bonchev–Trinajstić information content (AvgIpc) is 3.30. The highest BCUT2D eigenvalue weighted by Crippen LogP contribution is 2.36.